The Balaban J connectivity index is 1.64. The first-order valence-electron chi connectivity index (χ1n) is 7.21. The fourth-order valence-corrected chi connectivity index (χ4v) is 2.51. The third-order valence-corrected chi connectivity index (χ3v) is 3.65. The highest BCUT2D eigenvalue weighted by Crippen LogP contribution is 2.23. The van der Waals surface area contributed by atoms with Gasteiger partial charge in [0.25, 0.3) is 0 Å². The zero-order chi connectivity index (χ0) is 13.3. The Morgan fingerprint density at radius 2 is 1.95 bits per heavy atom. The standard InChI is InChI=1S/C16H22N2O/c19-16(15-11-5-2-6-12-15)18-17-13-7-10-14-8-3-1-4-9-14/h1,3-4,8-9,13,15H,2,5-7,10-12H2,(H,18,19). The number of hydrazone groups is 1. The minimum absolute atomic E-state index is 0.0932. The summed E-state index contributed by atoms with van der Waals surface area (Å²) in [6, 6.07) is 10.3. The molecule has 1 aromatic rings. The summed E-state index contributed by atoms with van der Waals surface area (Å²) in [7, 11) is 0. The maximum Gasteiger partial charge on any atom is 0.243 e. The normalized spacial score (nSPS) is 16.6. The van der Waals surface area contributed by atoms with Crippen LogP contribution in [0.15, 0.2) is 35.4 Å². The molecule has 1 saturated carbocycles. The van der Waals surface area contributed by atoms with Crippen molar-refractivity contribution in [1.82, 2.24) is 5.43 Å². The molecule has 0 aliphatic heterocycles. The number of carbonyl (C=O) groups excluding carboxylic acids is 1. The second-order valence-corrected chi connectivity index (χ2v) is 5.15. The van der Waals surface area contributed by atoms with E-state index in [1.165, 1.54) is 24.8 Å². The van der Waals surface area contributed by atoms with Crippen LogP contribution >= 0.6 is 0 Å². The first-order chi connectivity index (χ1) is 9.36. The third kappa shape index (κ3) is 4.86. The van der Waals surface area contributed by atoms with Gasteiger partial charge in [-0.1, -0.05) is 49.6 Å². The van der Waals surface area contributed by atoms with E-state index in [-0.39, 0.29) is 11.8 Å². The molecule has 2 rings (SSSR count). The molecule has 0 radical (unpaired) electrons. The molecule has 0 unspecified atom stereocenters. The minimum Gasteiger partial charge on any atom is -0.273 e. The largest absolute Gasteiger partial charge is 0.273 e. The fourth-order valence-electron chi connectivity index (χ4n) is 2.51. The molecule has 0 heterocycles. The van der Waals surface area contributed by atoms with Crippen LogP contribution in [-0.4, -0.2) is 12.1 Å². The molecule has 0 aromatic heterocycles. The van der Waals surface area contributed by atoms with Gasteiger partial charge in [0.1, 0.15) is 0 Å². The van der Waals surface area contributed by atoms with Crippen LogP contribution in [0.3, 0.4) is 0 Å². The molecule has 3 heteroatoms. The van der Waals surface area contributed by atoms with Crippen LogP contribution in [0, 0.1) is 5.92 Å². The quantitative estimate of drug-likeness (QED) is 0.639. The van der Waals surface area contributed by atoms with Gasteiger partial charge in [0.05, 0.1) is 0 Å². The number of hydrogen-bond acceptors (Lipinski definition) is 2. The summed E-state index contributed by atoms with van der Waals surface area (Å²) in [5.74, 6) is 0.274. The van der Waals surface area contributed by atoms with E-state index in [4.69, 9.17) is 0 Å². The topological polar surface area (TPSA) is 41.5 Å². The highest BCUT2D eigenvalue weighted by Gasteiger charge is 2.20. The van der Waals surface area contributed by atoms with Gasteiger partial charge >= 0.3 is 0 Å². The Morgan fingerprint density at radius 1 is 1.21 bits per heavy atom. The van der Waals surface area contributed by atoms with Crippen LogP contribution in [0.4, 0.5) is 0 Å². The first-order valence-corrected chi connectivity index (χ1v) is 7.21. The Bertz CT molecular complexity index is 408. The lowest BCUT2D eigenvalue weighted by atomic mass is 9.89. The van der Waals surface area contributed by atoms with E-state index in [0.717, 1.165) is 25.7 Å². The summed E-state index contributed by atoms with van der Waals surface area (Å²) in [6.07, 6.45) is 9.28. The molecule has 1 aliphatic carbocycles. The molecular formula is C16H22N2O. The van der Waals surface area contributed by atoms with Crippen molar-refractivity contribution in [3.05, 3.63) is 35.9 Å². The van der Waals surface area contributed by atoms with Gasteiger partial charge in [-0.2, -0.15) is 5.10 Å². The summed E-state index contributed by atoms with van der Waals surface area (Å²) in [6.45, 7) is 0. The predicted octanol–water partition coefficient (Wildman–Crippen LogP) is 3.30. The van der Waals surface area contributed by atoms with E-state index in [2.05, 4.69) is 22.7 Å². The maximum atomic E-state index is 11.8. The summed E-state index contributed by atoms with van der Waals surface area (Å²) in [5.41, 5.74) is 3.97. The first kappa shape index (κ1) is 13.8. The minimum atomic E-state index is 0.0932. The number of nitrogens with zero attached hydrogens (tertiary/aromatic N) is 1. The lowest BCUT2D eigenvalue weighted by molar-refractivity contribution is -0.125. The van der Waals surface area contributed by atoms with Crippen LogP contribution in [0.2, 0.25) is 0 Å². The molecule has 1 aliphatic rings. The maximum absolute atomic E-state index is 11.8. The summed E-state index contributed by atoms with van der Waals surface area (Å²) in [5, 5.41) is 4.04. The fraction of sp³-hybridized carbons (Fsp3) is 0.500. The van der Waals surface area contributed by atoms with E-state index in [9.17, 15) is 4.79 Å². The highest BCUT2D eigenvalue weighted by atomic mass is 16.2. The number of carbonyl (C=O) groups is 1. The molecule has 1 amide bonds. The molecule has 0 spiro atoms. The Kier molecular flexibility index (Phi) is 5.60. The lowest BCUT2D eigenvalue weighted by Crippen LogP contribution is -2.28. The van der Waals surface area contributed by atoms with Gasteiger partial charge < -0.3 is 0 Å². The smallest absolute Gasteiger partial charge is 0.243 e. The van der Waals surface area contributed by atoms with Gasteiger partial charge in [0.15, 0.2) is 0 Å². The van der Waals surface area contributed by atoms with Crippen molar-refractivity contribution >= 4 is 12.1 Å². The SMILES string of the molecule is O=C(NN=CCCc1ccccc1)C1CCCCC1. The molecule has 1 fully saturated rings. The van der Waals surface area contributed by atoms with E-state index < -0.39 is 0 Å². The van der Waals surface area contributed by atoms with Crippen molar-refractivity contribution in [3.63, 3.8) is 0 Å². The second-order valence-electron chi connectivity index (χ2n) is 5.15. The monoisotopic (exact) mass is 258 g/mol. The van der Waals surface area contributed by atoms with Gasteiger partial charge in [-0.3, -0.25) is 4.79 Å². The van der Waals surface area contributed by atoms with E-state index in [1.807, 2.05) is 18.2 Å². The van der Waals surface area contributed by atoms with E-state index in [1.54, 1.807) is 6.21 Å². The summed E-state index contributed by atoms with van der Waals surface area (Å²) in [4.78, 5) is 11.8. The molecule has 0 atom stereocenters. The molecule has 0 saturated heterocycles. The molecule has 3 nitrogen and oxygen atoms in total. The average molecular weight is 258 g/mol. The molecule has 1 N–H and O–H groups in total. The van der Waals surface area contributed by atoms with Crippen molar-refractivity contribution in [2.24, 2.45) is 11.0 Å². The van der Waals surface area contributed by atoms with E-state index >= 15 is 0 Å². The number of nitrogens with one attached hydrogen (secondary N) is 1. The molecule has 19 heavy (non-hydrogen) atoms. The van der Waals surface area contributed by atoms with E-state index in [0.29, 0.717) is 0 Å². The second kappa shape index (κ2) is 7.72. The highest BCUT2D eigenvalue weighted by molar-refractivity contribution is 5.79. The predicted molar refractivity (Wildman–Crippen MR) is 78.0 cm³/mol. The average Bonchev–Trinajstić information content (AvgIpc) is 2.49. The van der Waals surface area contributed by atoms with Crippen LogP contribution in [0.5, 0.6) is 0 Å². The molecule has 1 aromatic carbocycles. The number of rotatable bonds is 5. The lowest BCUT2D eigenvalue weighted by Gasteiger charge is -2.19. The zero-order valence-corrected chi connectivity index (χ0v) is 11.3. The van der Waals surface area contributed by atoms with Gasteiger partial charge in [-0.05, 0) is 31.2 Å². The number of aryl methyl sites for hydroxylation is 1. The van der Waals surface area contributed by atoms with Crippen molar-refractivity contribution in [1.29, 1.82) is 0 Å². The zero-order valence-electron chi connectivity index (χ0n) is 11.3. The summed E-state index contributed by atoms with van der Waals surface area (Å²) >= 11 is 0. The van der Waals surface area contributed by atoms with Gasteiger partial charge in [-0.25, -0.2) is 5.43 Å². The number of hydrogen-bond donors (Lipinski definition) is 1. The van der Waals surface area contributed by atoms with Gasteiger partial charge in [-0.15, -0.1) is 0 Å². The van der Waals surface area contributed by atoms with Crippen molar-refractivity contribution in [2.75, 3.05) is 0 Å². The number of amides is 1. The summed E-state index contributed by atoms with van der Waals surface area (Å²) < 4.78 is 0. The molecule has 0 bridgehead atoms. The molecule has 102 valence electrons. The van der Waals surface area contributed by atoms with Crippen molar-refractivity contribution < 1.29 is 4.79 Å². The Labute approximate surface area is 115 Å². The number of benzene rings is 1. The van der Waals surface area contributed by atoms with Crippen LogP contribution < -0.4 is 5.43 Å². The van der Waals surface area contributed by atoms with Crippen molar-refractivity contribution in [3.8, 4) is 0 Å². The third-order valence-electron chi connectivity index (χ3n) is 3.65. The van der Waals surface area contributed by atoms with Gasteiger partial charge in [0, 0.05) is 12.1 Å². The van der Waals surface area contributed by atoms with Crippen LogP contribution in [-0.2, 0) is 11.2 Å². The Morgan fingerprint density at radius 3 is 2.68 bits per heavy atom. The van der Waals surface area contributed by atoms with Crippen LogP contribution in [0.1, 0.15) is 44.1 Å². The van der Waals surface area contributed by atoms with Gasteiger partial charge in [0.2, 0.25) is 5.91 Å². The van der Waals surface area contributed by atoms with Crippen molar-refractivity contribution in [2.45, 2.75) is 44.9 Å². The molecular weight excluding hydrogens is 236 g/mol. The Hall–Kier alpha value is -1.64. The van der Waals surface area contributed by atoms with Crippen LogP contribution in [0.25, 0.3) is 0 Å².